The smallest absolute Gasteiger partial charge is 0.259 e. The highest BCUT2D eigenvalue weighted by atomic mass is 16.2. The molecular formula is C18H11N7O2. The summed E-state index contributed by atoms with van der Waals surface area (Å²) in [6.45, 7) is 0. The first kappa shape index (κ1) is 15.1. The summed E-state index contributed by atoms with van der Waals surface area (Å²) in [6, 6.07) is 14.4. The van der Waals surface area contributed by atoms with Crippen LogP contribution in [0.2, 0.25) is 0 Å². The van der Waals surface area contributed by atoms with Crippen LogP contribution in [0.25, 0.3) is 16.9 Å². The standard InChI is InChI=1S/C18H11N7O2/c26-16-12-7-6-10(8-13(12)17(27)22-16)20-18-19-9-14-15(21-18)25(24-23-14)11-4-2-1-3-5-11/h1-9H,(H,19,20,21)(H,22,26,27). The number of rotatable bonds is 3. The number of carbonyl (C=O) groups excluding carboxylic acids is 2. The molecule has 0 bridgehead atoms. The summed E-state index contributed by atoms with van der Waals surface area (Å²) in [4.78, 5) is 32.2. The minimum atomic E-state index is -0.415. The van der Waals surface area contributed by atoms with Gasteiger partial charge in [0.2, 0.25) is 5.95 Å². The number of hydrogen-bond donors (Lipinski definition) is 2. The van der Waals surface area contributed by atoms with E-state index in [1.807, 2.05) is 30.3 Å². The van der Waals surface area contributed by atoms with Gasteiger partial charge in [0.05, 0.1) is 23.0 Å². The largest absolute Gasteiger partial charge is 0.324 e. The lowest BCUT2D eigenvalue weighted by molar-refractivity contribution is 0.0879. The van der Waals surface area contributed by atoms with Crippen molar-refractivity contribution in [2.45, 2.75) is 0 Å². The number of anilines is 2. The summed E-state index contributed by atoms with van der Waals surface area (Å²) >= 11 is 0. The zero-order valence-electron chi connectivity index (χ0n) is 13.7. The van der Waals surface area contributed by atoms with E-state index in [-0.39, 0.29) is 0 Å². The van der Waals surface area contributed by atoms with Crippen molar-refractivity contribution in [2.24, 2.45) is 0 Å². The molecule has 4 aromatic rings. The average Bonchev–Trinajstić information content (AvgIpc) is 3.23. The predicted molar refractivity (Wildman–Crippen MR) is 96.0 cm³/mol. The van der Waals surface area contributed by atoms with Crippen molar-refractivity contribution in [1.29, 1.82) is 0 Å². The van der Waals surface area contributed by atoms with E-state index in [2.05, 4.69) is 30.9 Å². The van der Waals surface area contributed by atoms with E-state index in [4.69, 9.17) is 0 Å². The fourth-order valence-corrected chi connectivity index (χ4v) is 2.91. The van der Waals surface area contributed by atoms with E-state index >= 15 is 0 Å². The Morgan fingerprint density at radius 3 is 2.63 bits per heavy atom. The van der Waals surface area contributed by atoms with E-state index in [0.29, 0.717) is 33.9 Å². The van der Waals surface area contributed by atoms with Crippen LogP contribution < -0.4 is 10.6 Å². The molecule has 2 aromatic heterocycles. The van der Waals surface area contributed by atoms with E-state index in [1.54, 1.807) is 29.1 Å². The maximum Gasteiger partial charge on any atom is 0.259 e. The Hall–Kier alpha value is -4.14. The molecule has 0 radical (unpaired) electrons. The summed E-state index contributed by atoms with van der Waals surface area (Å²) in [7, 11) is 0. The number of nitrogens with zero attached hydrogens (tertiary/aromatic N) is 5. The Bertz CT molecular complexity index is 1220. The van der Waals surface area contributed by atoms with Crippen LogP contribution in [0.15, 0.2) is 54.7 Å². The van der Waals surface area contributed by atoms with Crippen LogP contribution in [0, 0.1) is 0 Å². The molecule has 9 heteroatoms. The second-order valence-electron chi connectivity index (χ2n) is 5.91. The van der Waals surface area contributed by atoms with Gasteiger partial charge in [0.1, 0.15) is 0 Å². The number of nitrogens with one attached hydrogen (secondary N) is 2. The third kappa shape index (κ3) is 2.49. The molecule has 27 heavy (non-hydrogen) atoms. The number of fused-ring (bicyclic) bond motifs is 2. The van der Waals surface area contributed by atoms with Crippen LogP contribution in [0.4, 0.5) is 11.6 Å². The Kier molecular flexibility index (Phi) is 3.20. The van der Waals surface area contributed by atoms with Gasteiger partial charge in [-0.15, -0.1) is 5.10 Å². The number of hydrogen-bond acceptors (Lipinski definition) is 7. The Morgan fingerprint density at radius 1 is 0.963 bits per heavy atom. The van der Waals surface area contributed by atoms with Crippen molar-refractivity contribution < 1.29 is 9.59 Å². The highest BCUT2D eigenvalue weighted by molar-refractivity contribution is 6.21. The lowest BCUT2D eigenvalue weighted by Gasteiger charge is -2.06. The van der Waals surface area contributed by atoms with Crippen LogP contribution >= 0.6 is 0 Å². The number of aromatic nitrogens is 5. The first-order valence-corrected chi connectivity index (χ1v) is 8.10. The fraction of sp³-hybridized carbons (Fsp3) is 0. The molecule has 1 aliphatic heterocycles. The van der Waals surface area contributed by atoms with Gasteiger partial charge < -0.3 is 5.32 Å². The molecule has 0 fully saturated rings. The number of imide groups is 1. The van der Waals surface area contributed by atoms with Gasteiger partial charge in [-0.3, -0.25) is 14.9 Å². The summed E-state index contributed by atoms with van der Waals surface area (Å²) in [6.07, 6.45) is 1.57. The third-order valence-corrected chi connectivity index (χ3v) is 4.19. The summed E-state index contributed by atoms with van der Waals surface area (Å²) in [5.41, 5.74) is 3.21. The van der Waals surface area contributed by atoms with Gasteiger partial charge in [-0.05, 0) is 30.3 Å². The van der Waals surface area contributed by atoms with Crippen molar-refractivity contribution in [1.82, 2.24) is 30.3 Å². The molecule has 0 aliphatic carbocycles. The monoisotopic (exact) mass is 357 g/mol. The van der Waals surface area contributed by atoms with Crippen LogP contribution in [-0.2, 0) is 0 Å². The minimum Gasteiger partial charge on any atom is -0.324 e. The molecule has 2 amide bonds. The Labute approximate surface area is 152 Å². The molecule has 1 aliphatic rings. The molecule has 130 valence electrons. The van der Waals surface area contributed by atoms with E-state index in [9.17, 15) is 9.59 Å². The van der Waals surface area contributed by atoms with E-state index < -0.39 is 11.8 Å². The van der Waals surface area contributed by atoms with Crippen LogP contribution in [0.5, 0.6) is 0 Å². The fourth-order valence-electron chi connectivity index (χ4n) is 2.91. The third-order valence-electron chi connectivity index (χ3n) is 4.19. The van der Waals surface area contributed by atoms with Gasteiger partial charge in [0.25, 0.3) is 11.8 Å². The summed E-state index contributed by atoms with van der Waals surface area (Å²) in [5, 5.41) is 13.5. The number of benzene rings is 2. The average molecular weight is 357 g/mol. The van der Waals surface area contributed by atoms with Crippen molar-refractivity contribution in [2.75, 3.05) is 5.32 Å². The molecule has 0 atom stereocenters. The van der Waals surface area contributed by atoms with Gasteiger partial charge in [-0.25, -0.2) is 4.98 Å². The van der Waals surface area contributed by atoms with Crippen molar-refractivity contribution in [3.63, 3.8) is 0 Å². The van der Waals surface area contributed by atoms with Crippen LogP contribution in [-0.4, -0.2) is 36.8 Å². The summed E-state index contributed by atoms with van der Waals surface area (Å²) in [5.74, 6) is -0.481. The first-order valence-electron chi connectivity index (χ1n) is 8.10. The maximum atomic E-state index is 11.8. The van der Waals surface area contributed by atoms with Gasteiger partial charge in [-0.1, -0.05) is 23.4 Å². The van der Waals surface area contributed by atoms with Crippen LogP contribution in [0.3, 0.4) is 0 Å². The first-order chi connectivity index (χ1) is 13.2. The molecule has 3 heterocycles. The molecule has 0 unspecified atom stereocenters. The molecular weight excluding hydrogens is 346 g/mol. The lowest BCUT2D eigenvalue weighted by Crippen LogP contribution is -2.19. The molecule has 9 nitrogen and oxygen atoms in total. The molecule has 0 saturated carbocycles. The topological polar surface area (TPSA) is 115 Å². The highest BCUT2D eigenvalue weighted by Crippen LogP contribution is 2.23. The zero-order valence-corrected chi connectivity index (χ0v) is 13.7. The number of para-hydroxylation sites is 1. The molecule has 2 aromatic carbocycles. The van der Waals surface area contributed by atoms with E-state index in [0.717, 1.165) is 5.69 Å². The molecule has 5 rings (SSSR count). The highest BCUT2D eigenvalue weighted by Gasteiger charge is 2.26. The van der Waals surface area contributed by atoms with Crippen molar-refractivity contribution in [3.8, 4) is 5.69 Å². The molecule has 0 spiro atoms. The zero-order chi connectivity index (χ0) is 18.4. The van der Waals surface area contributed by atoms with Gasteiger partial charge in [0.15, 0.2) is 11.2 Å². The number of amides is 2. The Morgan fingerprint density at radius 2 is 1.78 bits per heavy atom. The molecule has 2 N–H and O–H groups in total. The Balaban J connectivity index is 1.52. The van der Waals surface area contributed by atoms with Gasteiger partial charge in [0, 0.05) is 5.69 Å². The normalized spacial score (nSPS) is 12.9. The second kappa shape index (κ2) is 5.70. The quantitative estimate of drug-likeness (QED) is 0.538. The second-order valence-corrected chi connectivity index (χ2v) is 5.91. The van der Waals surface area contributed by atoms with Gasteiger partial charge in [-0.2, -0.15) is 9.67 Å². The maximum absolute atomic E-state index is 11.8. The summed E-state index contributed by atoms with van der Waals surface area (Å²) < 4.78 is 1.62. The predicted octanol–water partition coefficient (Wildman–Crippen LogP) is 1.84. The van der Waals surface area contributed by atoms with Gasteiger partial charge >= 0.3 is 0 Å². The minimum absolute atomic E-state index is 0.321. The number of carbonyl (C=O) groups is 2. The van der Waals surface area contributed by atoms with E-state index in [1.165, 1.54) is 0 Å². The lowest BCUT2D eigenvalue weighted by atomic mass is 10.1. The van der Waals surface area contributed by atoms with Crippen molar-refractivity contribution >= 4 is 34.6 Å². The van der Waals surface area contributed by atoms with Crippen molar-refractivity contribution in [3.05, 3.63) is 65.9 Å². The SMILES string of the molecule is O=C1NC(=O)c2cc(Nc3ncc4nnn(-c5ccccc5)c4n3)ccc21. The molecule has 0 saturated heterocycles. The van der Waals surface area contributed by atoms with Crippen LogP contribution in [0.1, 0.15) is 20.7 Å².